The fraction of sp³-hybridized carbons (Fsp3) is 0.300. The fourth-order valence-corrected chi connectivity index (χ4v) is 2.79. The highest BCUT2D eigenvalue weighted by Crippen LogP contribution is 2.30. The normalized spacial score (nSPS) is 10.7. The lowest BCUT2D eigenvalue weighted by molar-refractivity contribution is -0.115. The minimum Gasteiger partial charge on any atom is -0.490 e. The average molecular weight is 353 g/mol. The standard InChI is InChI=1S/C20H23N3O3/c1-4-25-17-9-8-15(11-18(17)26-5-2)21-19(24)12-16-13-23-10-6-7-14(3)20(23)22-16/h6-11,13H,4-5,12H2,1-3H3,(H,21,24). The molecule has 0 aliphatic carbocycles. The topological polar surface area (TPSA) is 64.9 Å². The summed E-state index contributed by atoms with van der Waals surface area (Å²) in [6.45, 7) is 6.91. The molecule has 0 atom stereocenters. The van der Waals surface area contributed by atoms with E-state index in [4.69, 9.17) is 9.47 Å². The van der Waals surface area contributed by atoms with Gasteiger partial charge in [-0.2, -0.15) is 0 Å². The summed E-state index contributed by atoms with van der Waals surface area (Å²) in [5, 5.41) is 2.89. The van der Waals surface area contributed by atoms with Crippen LogP contribution in [0.15, 0.2) is 42.7 Å². The Morgan fingerprint density at radius 2 is 1.92 bits per heavy atom. The third-order valence-corrected chi connectivity index (χ3v) is 3.90. The van der Waals surface area contributed by atoms with Gasteiger partial charge in [-0.1, -0.05) is 6.07 Å². The number of pyridine rings is 1. The van der Waals surface area contributed by atoms with E-state index >= 15 is 0 Å². The summed E-state index contributed by atoms with van der Waals surface area (Å²) < 4.78 is 13.1. The number of ether oxygens (including phenoxy) is 2. The van der Waals surface area contributed by atoms with Crippen LogP contribution in [0.4, 0.5) is 5.69 Å². The van der Waals surface area contributed by atoms with Crippen LogP contribution in [0.2, 0.25) is 0 Å². The van der Waals surface area contributed by atoms with Crippen LogP contribution in [0.25, 0.3) is 5.65 Å². The summed E-state index contributed by atoms with van der Waals surface area (Å²) in [5.74, 6) is 1.16. The number of imidazole rings is 1. The van der Waals surface area contributed by atoms with E-state index in [1.165, 1.54) is 0 Å². The van der Waals surface area contributed by atoms with Gasteiger partial charge in [0.25, 0.3) is 0 Å². The molecule has 0 saturated heterocycles. The Morgan fingerprint density at radius 1 is 1.15 bits per heavy atom. The summed E-state index contributed by atoms with van der Waals surface area (Å²) in [7, 11) is 0. The highest BCUT2D eigenvalue weighted by atomic mass is 16.5. The Morgan fingerprint density at radius 3 is 2.65 bits per heavy atom. The van der Waals surface area contributed by atoms with Crippen molar-refractivity contribution in [2.24, 2.45) is 0 Å². The second kappa shape index (κ2) is 7.91. The van der Waals surface area contributed by atoms with Gasteiger partial charge in [0.05, 0.1) is 25.3 Å². The fourth-order valence-electron chi connectivity index (χ4n) is 2.79. The molecule has 2 heterocycles. The first kappa shape index (κ1) is 17.8. The number of nitrogens with zero attached hydrogens (tertiary/aromatic N) is 2. The average Bonchev–Trinajstić information content (AvgIpc) is 3.01. The second-order valence-electron chi connectivity index (χ2n) is 5.91. The van der Waals surface area contributed by atoms with Crippen molar-refractivity contribution in [2.75, 3.05) is 18.5 Å². The lowest BCUT2D eigenvalue weighted by Crippen LogP contribution is -2.14. The van der Waals surface area contributed by atoms with Crippen LogP contribution >= 0.6 is 0 Å². The van der Waals surface area contributed by atoms with Crippen molar-refractivity contribution < 1.29 is 14.3 Å². The van der Waals surface area contributed by atoms with Crippen LogP contribution in [-0.4, -0.2) is 28.5 Å². The number of carbonyl (C=O) groups excluding carboxylic acids is 1. The van der Waals surface area contributed by atoms with E-state index in [-0.39, 0.29) is 12.3 Å². The zero-order valence-corrected chi connectivity index (χ0v) is 15.3. The Bertz CT molecular complexity index is 918. The van der Waals surface area contributed by atoms with Gasteiger partial charge in [0.15, 0.2) is 11.5 Å². The van der Waals surface area contributed by atoms with E-state index in [2.05, 4.69) is 10.3 Å². The molecule has 2 aromatic heterocycles. The number of aromatic nitrogens is 2. The number of rotatable bonds is 7. The first-order chi connectivity index (χ1) is 12.6. The van der Waals surface area contributed by atoms with Gasteiger partial charge in [-0.05, 0) is 44.5 Å². The molecule has 0 fully saturated rings. The Labute approximate surface area is 152 Å². The molecule has 1 N–H and O–H groups in total. The number of nitrogens with one attached hydrogen (secondary N) is 1. The van der Waals surface area contributed by atoms with Crippen molar-refractivity contribution in [3.05, 3.63) is 54.0 Å². The third kappa shape index (κ3) is 3.96. The number of fused-ring (bicyclic) bond motifs is 1. The van der Waals surface area contributed by atoms with Gasteiger partial charge in [0.2, 0.25) is 5.91 Å². The van der Waals surface area contributed by atoms with Gasteiger partial charge in [0, 0.05) is 24.1 Å². The molecular formula is C20H23N3O3. The van der Waals surface area contributed by atoms with Gasteiger partial charge in [-0.25, -0.2) is 4.98 Å². The van der Waals surface area contributed by atoms with E-state index in [1.54, 1.807) is 18.2 Å². The van der Waals surface area contributed by atoms with Crippen molar-refractivity contribution in [1.29, 1.82) is 0 Å². The van der Waals surface area contributed by atoms with Crippen LogP contribution < -0.4 is 14.8 Å². The predicted octanol–water partition coefficient (Wildman–Crippen LogP) is 3.62. The minimum absolute atomic E-state index is 0.127. The molecule has 0 saturated carbocycles. The van der Waals surface area contributed by atoms with E-state index in [1.807, 2.05) is 49.7 Å². The highest BCUT2D eigenvalue weighted by molar-refractivity contribution is 5.92. The van der Waals surface area contributed by atoms with Crippen molar-refractivity contribution in [2.45, 2.75) is 27.2 Å². The number of amides is 1. The molecular weight excluding hydrogens is 330 g/mol. The summed E-state index contributed by atoms with van der Waals surface area (Å²) in [4.78, 5) is 16.9. The van der Waals surface area contributed by atoms with Crippen molar-refractivity contribution >= 4 is 17.2 Å². The van der Waals surface area contributed by atoms with Crippen LogP contribution in [-0.2, 0) is 11.2 Å². The minimum atomic E-state index is -0.127. The summed E-state index contributed by atoms with van der Waals surface area (Å²) in [6, 6.07) is 9.35. The monoisotopic (exact) mass is 353 g/mol. The number of anilines is 1. The van der Waals surface area contributed by atoms with Gasteiger partial charge >= 0.3 is 0 Å². The lowest BCUT2D eigenvalue weighted by atomic mass is 10.2. The molecule has 0 bridgehead atoms. The maximum absolute atomic E-state index is 12.4. The summed E-state index contributed by atoms with van der Waals surface area (Å²) in [5.41, 5.74) is 3.34. The Hall–Kier alpha value is -3.02. The number of aryl methyl sites for hydroxylation is 1. The zero-order chi connectivity index (χ0) is 18.5. The first-order valence-electron chi connectivity index (χ1n) is 8.73. The zero-order valence-electron chi connectivity index (χ0n) is 15.3. The molecule has 3 aromatic rings. The maximum atomic E-state index is 12.4. The van der Waals surface area contributed by atoms with Crippen LogP contribution in [0, 0.1) is 6.92 Å². The first-order valence-corrected chi connectivity index (χ1v) is 8.73. The van der Waals surface area contributed by atoms with E-state index < -0.39 is 0 Å². The number of benzene rings is 1. The molecule has 0 aliphatic rings. The van der Waals surface area contributed by atoms with Crippen LogP contribution in [0.1, 0.15) is 25.1 Å². The lowest BCUT2D eigenvalue weighted by Gasteiger charge is -2.12. The van der Waals surface area contributed by atoms with Gasteiger partial charge < -0.3 is 19.2 Å². The molecule has 0 spiro atoms. The van der Waals surface area contributed by atoms with Crippen molar-refractivity contribution in [3.8, 4) is 11.5 Å². The quantitative estimate of drug-likeness (QED) is 0.704. The van der Waals surface area contributed by atoms with Gasteiger partial charge in [-0.3, -0.25) is 4.79 Å². The molecule has 1 aromatic carbocycles. The molecule has 0 radical (unpaired) electrons. The summed E-state index contributed by atoms with van der Waals surface area (Å²) in [6.07, 6.45) is 4.02. The van der Waals surface area contributed by atoms with E-state index in [0.29, 0.717) is 30.4 Å². The maximum Gasteiger partial charge on any atom is 0.230 e. The Kier molecular flexibility index (Phi) is 5.41. The predicted molar refractivity (Wildman–Crippen MR) is 101 cm³/mol. The molecule has 26 heavy (non-hydrogen) atoms. The van der Waals surface area contributed by atoms with Crippen LogP contribution in [0.3, 0.4) is 0 Å². The third-order valence-electron chi connectivity index (χ3n) is 3.90. The van der Waals surface area contributed by atoms with Crippen molar-refractivity contribution in [3.63, 3.8) is 0 Å². The highest BCUT2D eigenvalue weighted by Gasteiger charge is 2.11. The molecule has 0 unspecified atom stereocenters. The summed E-state index contributed by atoms with van der Waals surface area (Å²) >= 11 is 0. The number of hydrogen-bond acceptors (Lipinski definition) is 4. The molecule has 3 rings (SSSR count). The number of hydrogen-bond donors (Lipinski definition) is 1. The largest absolute Gasteiger partial charge is 0.490 e. The van der Waals surface area contributed by atoms with E-state index in [9.17, 15) is 4.79 Å². The number of carbonyl (C=O) groups is 1. The van der Waals surface area contributed by atoms with Crippen LogP contribution in [0.5, 0.6) is 11.5 Å². The van der Waals surface area contributed by atoms with Gasteiger partial charge in [0.1, 0.15) is 5.65 Å². The smallest absolute Gasteiger partial charge is 0.230 e. The second-order valence-corrected chi connectivity index (χ2v) is 5.91. The van der Waals surface area contributed by atoms with Gasteiger partial charge in [-0.15, -0.1) is 0 Å². The SMILES string of the molecule is CCOc1ccc(NC(=O)Cc2cn3cccc(C)c3n2)cc1OCC. The van der Waals surface area contributed by atoms with Crippen molar-refractivity contribution in [1.82, 2.24) is 9.38 Å². The molecule has 6 nitrogen and oxygen atoms in total. The molecule has 136 valence electrons. The molecule has 0 aliphatic heterocycles. The molecule has 1 amide bonds. The molecule has 6 heteroatoms. The Balaban J connectivity index is 1.72. The van der Waals surface area contributed by atoms with E-state index in [0.717, 1.165) is 16.9 Å².